The summed E-state index contributed by atoms with van der Waals surface area (Å²) in [5.41, 5.74) is 2.03. The van der Waals surface area contributed by atoms with Gasteiger partial charge in [0.1, 0.15) is 11.9 Å². The molecule has 0 radical (unpaired) electrons. The molecule has 2 aliphatic carbocycles. The molecule has 172 valence electrons. The summed E-state index contributed by atoms with van der Waals surface area (Å²) in [4.78, 5) is 31.9. The number of fused-ring (bicyclic) bond motifs is 1. The van der Waals surface area contributed by atoms with Gasteiger partial charge in [0, 0.05) is 29.8 Å². The van der Waals surface area contributed by atoms with E-state index in [2.05, 4.69) is 15.0 Å². The predicted molar refractivity (Wildman–Crippen MR) is 123 cm³/mol. The topological polar surface area (TPSA) is 108 Å². The zero-order chi connectivity index (χ0) is 23.2. The fourth-order valence-corrected chi connectivity index (χ4v) is 5.19. The number of benzene rings is 2. The van der Waals surface area contributed by atoms with Crippen molar-refractivity contribution in [1.29, 1.82) is 0 Å². The summed E-state index contributed by atoms with van der Waals surface area (Å²) in [5, 5.41) is 2.97. The Morgan fingerprint density at radius 2 is 1.79 bits per heavy atom. The number of amidine groups is 1. The lowest BCUT2D eigenvalue weighted by molar-refractivity contribution is -0.133. The third kappa shape index (κ3) is 4.64. The van der Waals surface area contributed by atoms with Crippen LogP contribution in [-0.4, -0.2) is 49.1 Å². The molecule has 0 saturated heterocycles. The number of hydrogen-bond donors (Lipinski definition) is 2. The molecule has 2 N–H and O–H groups in total. The van der Waals surface area contributed by atoms with Crippen molar-refractivity contribution in [3.63, 3.8) is 0 Å². The maximum atomic E-state index is 13.3. The molecule has 0 aromatic heterocycles. The molecule has 3 aliphatic rings. The van der Waals surface area contributed by atoms with Gasteiger partial charge >= 0.3 is 0 Å². The van der Waals surface area contributed by atoms with E-state index in [1.165, 1.54) is 6.07 Å². The Bertz CT molecular complexity index is 1230. The normalized spacial score (nSPS) is 20.6. The van der Waals surface area contributed by atoms with Crippen molar-refractivity contribution in [3.8, 4) is 0 Å². The smallest absolute Gasteiger partial charge is 0.263 e. The van der Waals surface area contributed by atoms with Gasteiger partial charge in [0.15, 0.2) is 0 Å². The van der Waals surface area contributed by atoms with Crippen molar-refractivity contribution >= 4 is 27.7 Å². The lowest BCUT2D eigenvalue weighted by atomic mass is 10.1. The summed E-state index contributed by atoms with van der Waals surface area (Å²) >= 11 is 0. The van der Waals surface area contributed by atoms with E-state index in [0.29, 0.717) is 23.7 Å². The summed E-state index contributed by atoms with van der Waals surface area (Å²) in [6.45, 7) is 2.11. The number of sulfonamides is 1. The van der Waals surface area contributed by atoms with Crippen LogP contribution in [0.25, 0.3) is 0 Å². The third-order valence-corrected chi connectivity index (χ3v) is 7.49. The molecule has 0 unspecified atom stereocenters. The number of carbonyl (C=O) groups excluding carboxylic acids is 2. The number of nitrogens with zero attached hydrogens (tertiary/aromatic N) is 2. The Morgan fingerprint density at radius 3 is 2.45 bits per heavy atom. The van der Waals surface area contributed by atoms with Gasteiger partial charge < -0.3 is 10.2 Å². The van der Waals surface area contributed by atoms with Gasteiger partial charge in [0.25, 0.3) is 15.9 Å². The van der Waals surface area contributed by atoms with Crippen LogP contribution in [0.2, 0.25) is 0 Å². The molecule has 33 heavy (non-hydrogen) atoms. The van der Waals surface area contributed by atoms with Crippen molar-refractivity contribution in [2.45, 2.75) is 62.2 Å². The van der Waals surface area contributed by atoms with Crippen molar-refractivity contribution in [2.75, 3.05) is 0 Å². The fourth-order valence-electron chi connectivity index (χ4n) is 3.95. The molecule has 1 heterocycles. The molecule has 0 spiro atoms. The van der Waals surface area contributed by atoms with Gasteiger partial charge in [-0.3, -0.25) is 19.3 Å². The highest BCUT2D eigenvalue weighted by molar-refractivity contribution is 7.90. The molecule has 2 aromatic rings. The average Bonchev–Trinajstić information content (AvgIpc) is 3.72. The van der Waals surface area contributed by atoms with Gasteiger partial charge in [-0.05, 0) is 62.4 Å². The second-order valence-corrected chi connectivity index (χ2v) is 10.5. The predicted octanol–water partition coefficient (Wildman–Crippen LogP) is 2.20. The van der Waals surface area contributed by atoms with Crippen LogP contribution in [0, 0.1) is 0 Å². The number of aliphatic imine (C=N–C) groups is 1. The molecule has 8 nitrogen and oxygen atoms in total. The van der Waals surface area contributed by atoms with E-state index in [9.17, 15) is 18.0 Å². The highest BCUT2D eigenvalue weighted by atomic mass is 32.2. The first-order valence-corrected chi connectivity index (χ1v) is 12.7. The first-order valence-electron chi connectivity index (χ1n) is 11.2. The van der Waals surface area contributed by atoms with Crippen LogP contribution < -0.4 is 10.0 Å². The summed E-state index contributed by atoms with van der Waals surface area (Å²) in [5.74, 6) is -0.0136. The van der Waals surface area contributed by atoms with Gasteiger partial charge in [0.05, 0.1) is 4.90 Å². The Balaban J connectivity index is 1.30. The van der Waals surface area contributed by atoms with Gasteiger partial charge in [-0.15, -0.1) is 0 Å². The van der Waals surface area contributed by atoms with Crippen LogP contribution in [0.15, 0.2) is 58.4 Å². The maximum absolute atomic E-state index is 13.3. The van der Waals surface area contributed by atoms with E-state index in [1.54, 1.807) is 37.3 Å². The van der Waals surface area contributed by atoms with Crippen molar-refractivity contribution in [3.05, 3.63) is 65.2 Å². The zero-order valence-corrected chi connectivity index (χ0v) is 19.1. The lowest BCUT2D eigenvalue weighted by Crippen LogP contribution is -2.39. The number of amides is 2. The fraction of sp³-hybridized carbons (Fsp3) is 0.375. The van der Waals surface area contributed by atoms with Gasteiger partial charge in [-0.25, -0.2) is 8.42 Å². The minimum Gasteiger partial charge on any atom is -0.349 e. The van der Waals surface area contributed by atoms with E-state index < -0.39 is 16.1 Å². The molecule has 9 heteroatoms. The molecular formula is C24H26N4O4S. The third-order valence-electron chi connectivity index (χ3n) is 6.10. The van der Waals surface area contributed by atoms with Gasteiger partial charge in [0.2, 0.25) is 5.91 Å². The van der Waals surface area contributed by atoms with E-state index in [-0.39, 0.29) is 28.6 Å². The SMILES string of the molecule is C[C@H](N=C1NS(=O)(=O)c2ccccc21)C(=O)N(Cc1ccc(C(=O)NC2CC2)cc1)C1CC1. The van der Waals surface area contributed by atoms with Crippen molar-refractivity contribution in [1.82, 2.24) is 14.9 Å². The molecule has 0 bridgehead atoms. The van der Waals surface area contributed by atoms with Crippen LogP contribution in [0.1, 0.15) is 54.1 Å². The summed E-state index contributed by atoms with van der Waals surface area (Å²) < 4.78 is 27.1. The first-order chi connectivity index (χ1) is 15.8. The number of hydrogen-bond acceptors (Lipinski definition) is 5. The molecule has 1 aliphatic heterocycles. The van der Waals surface area contributed by atoms with Crippen LogP contribution >= 0.6 is 0 Å². The summed E-state index contributed by atoms with van der Waals surface area (Å²) in [6.07, 6.45) is 3.95. The molecule has 2 fully saturated rings. The van der Waals surface area contributed by atoms with Gasteiger partial charge in [-0.2, -0.15) is 0 Å². The minimum atomic E-state index is -3.65. The highest BCUT2D eigenvalue weighted by Gasteiger charge is 2.36. The van der Waals surface area contributed by atoms with Crippen LogP contribution in [-0.2, 0) is 21.4 Å². The Kier molecular flexibility index (Phi) is 5.44. The quantitative estimate of drug-likeness (QED) is 0.652. The number of rotatable bonds is 7. The maximum Gasteiger partial charge on any atom is 0.263 e. The highest BCUT2D eigenvalue weighted by Crippen LogP contribution is 2.30. The summed E-state index contributed by atoms with van der Waals surface area (Å²) in [7, 11) is -3.65. The Labute approximate surface area is 193 Å². The van der Waals surface area contributed by atoms with Crippen molar-refractivity contribution in [2.24, 2.45) is 4.99 Å². The molecule has 1 atom stereocenters. The zero-order valence-electron chi connectivity index (χ0n) is 18.3. The second-order valence-electron chi connectivity index (χ2n) is 8.90. The van der Waals surface area contributed by atoms with Crippen LogP contribution in [0.3, 0.4) is 0 Å². The second kappa shape index (κ2) is 8.30. The molecule has 2 aromatic carbocycles. The monoisotopic (exact) mass is 466 g/mol. The number of carbonyl (C=O) groups is 2. The molecule has 2 amide bonds. The van der Waals surface area contributed by atoms with Crippen LogP contribution in [0.5, 0.6) is 0 Å². The average molecular weight is 467 g/mol. The van der Waals surface area contributed by atoms with E-state index in [0.717, 1.165) is 31.2 Å². The van der Waals surface area contributed by atoms with E-state index in [4.69, 9.17) is 0 Å². The van der Waals surface area contributed by atoms with Crippen molar-refractivity contribution < 1.29 is 18.0 Å². The minimum absolute atomic E-state index is 0.0667. The largest absolute Gasteiger partial charge is 0.349 e. The molecule has 5 rings (SSSR count). The van der Waals surface area contributed by atoms with Crippen LogP contribution in [0.4, 0.5) is 0 Å². The van der Waals surface area contributed by atoms with E-state index >= 15 is 0 Å². The first kappa shape index (κ1) is 21.6. The van der Waals surface area contributed by atoms with E-state index in [1.807, 2.05) is 17.0 Å². The molecular weight excluding hydrogens is 440 g/mol. The standard InChI is InChI=1S/C24H26N4O4S/c1-15(25-22-20-4-2-3-5-21(20)33(31,32)27-22)24(30)28(19-12-13-19)14-16-6-8-17(9-7-16)23(29)26-18-10-11-18/h2-9,15,18-19H,10-14H2,1H3,(H,25,27)(H,26,29)/t15-/m0/s1. The Hall–Kier alpha value is -3.20. The number of nitrogens with one attached hydrogen (secondary N) is 2. The summed E-state index contributed by atoms with van der Waals surface area (Å²) in [6, 6.07) is 13.7. The van der Waals surface area contributed by atoms with Gasteiger partial charge in [-0.1, -0.05) is 24.3 Å². The Morgan fingerprint density at radius 1 is 1.09 bits per heavy atom. The lowest BCUT2D eigenvalue weighted by Gasteiger charge is -2.25. The molecule has 2 saturated carbocycles.